The van der Waals surface area contributed by atoms with Crippen LogP contribution in [0.5, 0.6) is 0 Å². The summed E-state index contributed by atoms with van der Waals surface area (Å²) in [6.45, 7) is 3.65. The first kappa shape index (κ1) is 18.5. The maximum atomic E-state index is 9.59. The molecule has 4 rings (SSSR count). The van der Waals surface area contributed by atoms with Crippen LogP contribution in [0, 0.1) is 6.92 Å². The van der Waals surface area contributed by atoms with Crippen molar-refractivity contribution in [2.24, 2.45) is 0 Å². The zero-order chi connectivity index (χ0) is 19.5. The minimum Gasteiger partial charge on any atom is -0.415 e. The Morgan fingerprint density at radius 3 is 2.79 bits per heavy atom. The van der Waals surface area contributed by atoms with Gasteiger partial charge in [0.05, 0.1) is 24.5 Å². The molecule has 0 aliphatic carbocycles. The summed E-state index contributed by atoms with van der Waals surface area (Å²) in [5.74, 6) is 1.53. The summed E-state index contributed by atoms with van der Waals surface area (Å²) in [5.41, 5.74) is 3.35. The lowest BCUT2D eigenvalue weighted by Gasteiger charge is -2.24. The second-order valence-electron chi connectivity index (χ2n) is 6.97. The first-order chi connectivity index (χ1) is 13.7. The zero-order valence-electron chi connectivity index (χ0n) is 16.1. The van der Waals surface area contributed by atoms with Gasteiger partial charge in [0, 0.05) is 21.5 Å². The second-order valence-corrected chi connectivity index (χ2v) is 6.97. The summed E-state index contributed by atoms with van der Waals surface area (Å²) in [6.07, 6.45) is 3.73. The van der Waals surface area contributed by atoms with Gasteiger partial charge in [0.15, 0.2) is 5.69 Å². The predicted octanol–water partition coefficient (Wildman–Crippen LogP) is 2.67. The van der Waals surface area contributed by atoms with Crippen molar-refractivity contribution in [1.82, 2.24) is 25.5 Å². The van der Waals surface area contributed by atoms with Crippen molar-refractivity contribution in [3.05, 3.63) is 41.7 Å². The van der Waals surface area contributed by atoms with E-state index in [9.17, 15) is 5.11 Å². The highest BCUT2D eigenvalue weighted by Gasteiger charge is 2.26. The summed E-state index contributed by atoms with van der Waals surface area (Å²) in [5, 5.41) is 21.1. The van der Waals surface area contributed by atoms with Crippen molar-refractivity contribution in [3.8, 4) is 23.0 Å². The second kappa shape index (κ2) is 8.04. The van der Waals surface area contributed by atoms with Gasteiger partial charge < -0.3 is 19.7 Å². The normalized spacial score (nSPS) is 16.7. The maximum absolute atomic E-state index is 9.59. The Morgan fingerprint density at radius 2 is 2.04 bits per heavy atom. The van der Waals surface area contributed by atoms with Gasteiger partial charge in [-0.1, -0.05) is 12.1 Å². The Kier molecular flexibility index (Phi) is 5.31. The molecule has 8 nitrogen and oxygen atoms in total. The van der Waals surface area contributed by atoms with Crippen molar-refractivity contribution >= 4 is 5.82 Å². The summed E-state index contributed by atoms with van der Waals surface area (Å²) in [4.78, 5) is 11.3. The molecule has 28 heavy (non-hydrogen) atoms. The van der Waals surface area contributed by atoms with Crippen molar-refractivity contribution < 1.29 is 12.4 Å². The van der Waals surface area contributed by atoms with E-state index in [1.165, 1.54) is 5.56 Å². The minimum absolute atomic E-state index is 0. The molecule has 2 aromatic heterocycles. The molecule has 0 amide bonds. The standard InChI is InChI=1S/C20H24N6O2.2H2/c1-13-18(23-17(11-22-13)26-9-3-4-16(26)12-27)20-25-24-19(28-20)15-7-5-14(6-8-15)10-21-2;;/h5-8,11,16,21,27H,3-4,9-10,12H2,1-2H3;2*1H/t16-;;/m0../s1. The lowest BCUT2D eigenvalue weighted by atomic mass is 10.1. The monoisotopic (exact) mass is 384 g/mol. The van der Waals surface area contributed by atoms with E-state index in [4.69, 9.17) is 9.40 Å². The number of nitrogens with zero attached hydrogens (tertiary/aromatic N) is 5. The molecule has 150 valence electrons. The lowest BCUT2D eigenvalue weighted by Crippen LogP contribution is -2.32. The fourth-order valence-electron chi connectivity index (χ4n) is 3.51. The molecule has 1 atom stereocenters. The summed E-state index contributed by atoms with van der Waals surface area (Å²) < 4.78 is 5.90. The van der Waals surface area contributed by atoms with Crippen LogP contribution in [0.2, 0.25) is 0 Å². The Hall–Kier alpha value is -2.84. The fraction of sp³-hybridized carbons (Fsp3) is 0.400. The molecule has 1 fully saturated rings. The quantitative estimate of drug-likeness (QED) is 0.669. The van der Waals surface area contributed by atoms with Crippen LogP contribution in [0.3, 0.4) is 0 Å². The molecule has 3 heterocycles. The highest BCUT2D eigenvalue weighted by Crippen LogP contribution is 2.28. The molecule has 0 saturated carbocycles. The van der Waals surface area contributed by atoms with Crippen LogP contribution in [-0.4, -0.2) is 51.5 Å². The van der Waals surface area contributed by atoms with Gasteiger partial charge in [-0.15, -0.1) is 10.2 Å². The van der Waals surface area contributed by atoms with Gasteiger partial charge in [0.25, 0.3) is 5.89 Å². The highest BCUT2D eigenvalue weighted by molar-refractivity contribution is 5.58. The number of benzene rings is 1. The number of hydrogen-bond acceptors (Lipinski definition) is 8. The third kappa shape index (κ3) is 3.61. The molecule has 0 spiro atoms. The molecular weight excluding hydrogens is 356 g/mol. The van der Waals surface area contributed by atoms with Crippen LogP contribution in [0.1, 0.15) is 27.0 Å². The molecule has 1 aliphatic rings. The minimum atomic E-state index is 0. The zero-order valence-corrected chi connectivity index (χ0v) is 16.1. The van der Waals surface area contributed by atoms with E-state index in [1.807, 2.05) is 38.2 Å². The van der Waals surface area contributed by atoms with Crippen molar-refractivity contribution in [2.75, 3.05) is 25.1 Å². The van der Waals surface area contributed by atoms with E-state index < -0.39 is 0 Å². The number of aryl methyl sites for hydroxylation is 1. The van der Waals surface area contributed by atoms with Crippen LogP contribution in [0.15, 0.2) is 34.9 Å². The summed E-state index contributed by atoms with van der Waals surface area (Å²) in [6, 6.07) is 8.08. The van der Waals surface area contributed by atoms with E-state index in [2.05, 4.69) is 25.4 Å². The van der Waals surface area contributed by atoms with E-state index in [0.717, 1.165) is 43.0 Å². The van der Waals surface area contributed by atoms with E-state index >= 15 is 0 Å². The summed E-state index contributed by atoms with van der Waals surface area (Å²) >= 11 is 0. The van der Waals surface area contributed by atoms with Gasteiger partial charge in [0.1, 0.15) is 5.82 Å². The average molecular weight is 384 g/mol. The Morgan fingerprint density at radius 1 is 1.25 bits per heavy atom. The van der Waals surface area contributed by atoms with Crippen LogP contribution in [0.4, 0.5) is 5.82 Å². The van der Waals surface area contributed by atoms with E-state index in [-0.39, 0.29) is 15.5 Å². The third-order valence-electron chi connectivity index (χ3n) is 5.03. The largest absolute Gasteiger partial charge is 0.415 e. The Bertz CT molecular complexity index is 951. The molecule has 1 aliphatic heterocycles. The van der Waals surface area contributed by atoms with Gasteiger partial charge in [-0.2, -0.15) is 0 Å². The highest BCUT2D eigenvalue weighted by atomic mass is 16.4. The Labute approximate surface area is 166 Å². The number of aromatic nitrogens is 4. The number of rotatable bonds is 6. The van der Waals surface area contributed by atoms with Crippen LogP contribution in [0.25, 0.3) is 23.0 Å². The first-order valence-electron chi connectivity index (χ1n) is 9.48. The van der Waals surface area contributed by atoms with Gasteiger partial charge in [-0.05, 0) is 44.5 Å². The SMILES string of the molecule is CNCc1ccc(-c2nnc(-c3nc(N4CCC[C@H]4CO)cnc3C)o2)cc1.[HH].[HH]. The third-order valence-corrected chi connectivity index (χ3v) is 5.03. The number of aliphatic hydroxyl groups is 1. The van der Waals surface area contributed by atoms with E-state index in [1.54, 1.807) is 6.20 Å². The lowest BCUT2D eigenvalue weighted by molar-refractivity contribution is 0.266. The molecule has 1 saturated heterocycles. The molecule has 8 heteroatoms. The topological polar surface area (TPSA) is 100 Å². The average Bonchev–Trinajstić information content (AvgIpc) is 3.39. The number of hydrogen-bond donors (Lipinski definition) is 2. The van der Waals surface area contributed by atoms with E-state index in [0.29, 0.717) is 17.5 Å². The molecule has 0 bridgehead atoms. The van der Waals surface area contributed by atoms with Crippen molar-refractivity contribution in [1.29, 1.82) is 0 Å². The van der Waals surface area contributed by atoms with Gasteiger partial charge >= 0.3 is 0 Å². The summed E-state index contributed by atoms with van der Waals surface area (Å²) in [7, 11) is 1.92. The fourth-order valence-corrected chi connectivity index (χ4v) is 3.51. The molecule has 3 aromatic rings. The first-order valence-corrected chi connectivity index (χ1v) is 9.48. The number of aliphatic hydroxyl groups excluding tert-OH is 1. The number of anilines is 1. The van der Waals surface area contributed by atoms with Crippen molar-refractivity contribution in [3.63, 3.8) is 0 Å². The maximum Gasteiger partial charge on any atom is 0.268 e. The van der Waals surface area contributed by atoms with Gasteiger partial charge in [0.2, 0.25) is 5.89 Å². The van der Waals surface area contributed by atoms with Crippen LogP contribution >= 0.6 is 0 Å². The van der Waals surface area contributed by atoms with Gasteiger partial charge in [-0.25, -0.2) is 4.98 Å². The molecule has 0 radical (unpaired) electrons. The Balaban J connectivity index is 0.00000160. The molecule has 1 aromatic carbocycles. The predicted molar refractivity (Wildman–Crippen MR) is 110 cm³/mol. The van der Waals surface area contributed by atoms with Crippen molar-refractivity contribution in [2.45, 2.75) is 32.4 Å². The molecule has 0 unspecified atom stereocenters. The smallest absolute Gasteiger partial charge is 0.268 e. The van der Waals surface area contributed by atoms with Crippen LogP contribution < -0.4 is 10.2 Å². The molecular formula is C20H28N6O2. The number of nitrogens with one attached hydrogen (secondary N) is 1. The molecule has 2 N–H and O–H groups in total. The van der Waals surface area contributed by atoms with Crippen LogP contribution in [-0.2, 0) is 6.54 Å². The van der Waals surface area contributed by atoms with Gasteiger partial charge in [-0.3, -0.25) is 4.98 Å².